The molecule has 2 aromatic rings. The highest BCUT2D eigenvalue weighted by atomic mass is 16.5. The first kappa shape index (κ1) is 19.2. The molecule has 0 unspecified atom stereocenters. The van der Waals surface area contributed by atoms with Crippen molar-refractivity contribution in [3.63, 3.8) is 0 Å². The van der Waals surface area contributed by atoms with E-state index in [0.717, 1.165) is 36.5 Å². The zero-order chi connectivity index (χ0) is 20.7. The van der Waals surface area contributed by atoms with Crippen molar-refractivity contribution in [3.8, 4) is 0 Å². The molecule has 0 N–H and O–H groups in total. The molecular formula is C22H28N6O2. The van der Waals surface area contributed by atoms with Gasteiger partial charge in [0.2, 0.25) is 5.95 Å². The van der Waals surface area contributed by atoms with Crippen molar-refractivity contribution in [1.82, 2.24) is 19.9 Å². The molecule has 30 heavy (non-hydrogen) atoms. The molecule has 1 amide bonds. The maximum atomic E-state index is 13.3. The standard InChI is InChI=1S/C22H28N6O2/c1-26(2)21-24-12-16-13-30-15-22(19(16)25-21)6-10-28(14-22)20(29)18-11-17(5-7-23-18)27-8-3-4-9-27/h5,7,11-12H,3-4,6,8-10,13-15H2,1-2H3/t22-/m0/s1. The Labute approximate surface area is 176 Å². The van der Waals surface area contributed by atoms with Crippen LogP contribution in [0.1, 0.15) is 41.0 Å². The molecule has 0 saturated carbocycles. The van der Waals surface area contributed by atoms with E-state index in [1.165, 1.54) is 12.8 Å². The zero-order valence-electron chi connectivity index (χ0n) is 17.7. The summed E-state index contributed by atoms with van der Waals surface area (Å²) in [5.74, 6) is 0.682. The van der Waals surface area contributed by atoms with Crippen LogP contribution in [0.4, 0.5) is 11.6 Å². The first-order chi connectivity index (χ1) is 14.6. The number of amides is 1. The van der Waals surface area contributed by atoms with Crippen LogP contribution < -0.4 is 9.80 Å². The Morgan fingerprint density at radius 2 is 2.03 bits per heavy atom. The van der Waals surface area contributed by atoms with Gasteiger partial charge in [0.15, 0.2) is 0 Å². The maximum absolute atomic E-state index is 13.3. The van der Waals surface area contributed by atoms with Crippen LogP contribution in [-0.4, -0.2) is 72.6 Å². The number of likely N-dealkylation sites (tertiary alicyclic amines) is 1. The van der Waals surface area contributed by atoms with Gasteiger partial charge in [-0.15, -0.1) is 0 Å². The molecule has 0 radical (unpaired) electrons. The van der Waals surface area contributed by atoms with Crippen LogP contribution in [0.25, 0.3) is 0 Å². The van der Waals surface area contributed by atoms with Crippen molar-refractivity contribution in [1.29, 1.82) is 0 Å². The second-order valence-electron chi connectivity index (χ2n) is 8.78. The second-order valence-corrected chi connectivity index (χ2v) is 8.78. The summed E-state index contributed by atoms with van der Waals surface area (Å²) in [7, 11) is 3.88. The molecule has 2 aromatic heterocycles. The van der Waals surface area contributed by atoms with Crippen molar-refractivity contribution in [3.05, 3.63) is 41.5 Å². The quantitative estimate of drug-likeness (QED) is 0.767. The number of fused-ring (bicyclic) bond motifs is 2. The molecule has 3 aliphatic heterocycles. The van der Waals surface area contributed by atoms with Gasteiger partial charge in [-0.05, 0) is 31.4 Å². The van der Waals surface area contributed by atoms with Gasteiger partial charge in [-0.1, -0.05) is 0 Å². The van der Waals surface area contributed by atoms with Gasteiger partial charge in [-0.3, -0.25) is 9.78 Å². The highest BCUT2D eigenvalue weighted by molar-refractivity contribution is 5.93. The number of hydrogen-bond donors (Lipinski definition) is 0. The van der Waals surface area contributed by atoms with E-state index in [2.05, 4.69) is 14.9 Å². The van der Waals surface area contributed by atoms with Crippen molar-refractivity contribution in [2.45, 2.75) is 31.3 Å². The van der Waals surface area contributed by atoms with Gasteiger partial charge >= 0.3 is 0 Å². The largest absolute Gasteiger partial charge is 0.376 e. The van der Waals surface area contributed by atoms with E-state index in [4.69, 9.17) is 9.72 Å². The Balaban J connectivity index is 1.40. The summed E-state index contributed by atoms with van der Waals surface area (Å²) in [5, 5.41) is 0. The molecule has 2 saturated heterocycles. The molecule has 0 aliphatic carbocycles. The smallest absolute Gasteiger partial charge is 0.272 e. The van der Waals surface area contributed by atoms with Crippen LogP contribution in [-0.2, 0) is 16.8 Å². The number of rotatable bonds is 3. The van der Waals surface area contributed by atoms with Gasteiger partial charge in [0, 0.05) is 63.9 Å². The Bertz CT molecular complexity index is 958. The van der Waals surface area contributed by atoms with E-state index in [-0.39, 0.29) is 11.3 Å². The van der Waals surface area contributed by atoms with E-state index in [0.29, 0.717) is 37.9 Å². The fourth-order valence-corrected chi connectivity index (χ4v) is 4.83. The van der Waals surface area contributed by atoms with Crippen LogP contribution in [0.5, 0.6) is 0 Å². The summed E-state index contributed by atoms with van der Waals surface area (Å²) < 4.78 is 5.90. The third-order valence-electron chi connectivity index (χ3n) is 6.46. The van der Waals surface area contributed by atoms with Gasteiger partial charge in [0.25, 0.3) is 5.91 Å². The predicted molar refractivity (Wildman–Crippen MR) is 114 cm³/mol. The minimum absolute atomic E-state index is 0.0121. The number of nitrogens with zero attached hydrogens (tertiary/aromatic N) is 6. The highest BCUT2D eigenvalue weighted by Gasteiger charge is 2.46. The molecule has 8 heteroatoms. The van der Waals surface area contributed by atoms with E-state index in [9.17, 15) is 4.79 Å². The summed E-state index contributed by atoms with van der Waals surface area (Å²) in [6.45, 7) is 4.48. The van der Waals surface area contributed by atoms with Gasteiger partial charge < -0.3 is 19.4 Å². The average Bonchev–Trinajstić information content (AvgIpc) is 3.45. The van der Waals surface area contributed by atoms with Gasteiger partial charge in [-0.25, -0.2) is 9.97 Å². The normalized spacial score (nSPS) is 23.1. The van der Waals surface area contributed by atoms with Crippen LogP contribution in [0, 0.1) is 0 Å². The number of aromatic nitrogens is 3. The van der Waals surface area contributed by atoms with E-state index < -0.39 is 0 Å². The van der Waals surface area contributed by atoms with Crippen LogP contribution in [0.3, 0.4) is 0 Å². The fraction of sp³-hybridized carbons (Fsp3) is 0.545. The van der Waals surface area contributed by atoms with Gasteiger partial charge in [0.05, 0.1) is 24.3 Å². The van der Waals surface area contributed by atoms with Crippen molar-refractivity contribution in [2.75, 3.05) is 56.7 Å². The van der Waals surface area contributed by atoms with Crippen LogP contribution in [0.2, 0.25) is 0 Å². The molecule has 0 aromatic carbocycles. The first-order valence-electron chi connectivity index (χ1n) is 10.7. The fourth-order valence-electron chi connectivity index (χ4n) is 4.83. The summed E-state index contributed by atoms with van der Waals surface area (Å²) in [6.07, 6.45) is 6.86. The number of carbonyl (C=O) groups excluding carboxylic acids is 1. The van der Waals surface area contributed by atoms with Crippen molar-refractivity contribution in [2.24, 2.45) is 0 Å². The number of anilines is 2. The minimum Gasteiger partial charge on any atom is -0.376 e. The van der Waals surface area contributed by atoms with E-state index in [1.807, 2.05) is 42.2 Å². The maximum Gasteiger partial charge on any atom is 0.272 e. The molecule has 2 fully saturated rings. The molecule has 1 spiro atoms. The zero-order valence-corrected chi connectivity index (χ0v) is 17.7. The van der Waals surface area contributed by atoms with Crippen molar-refractivity contribution < 1.29 is 9.53 Å². The monoisotopic (exact) mass is 408 g/mol. The summed E-state index contributed by atoms with van der Waals surface area (Å²) in [4.78, 5) is 33.1. The molecule has 5 rings (SSSR count). The number of hydrogen-bond acceptors (Lipinski definition) is 7. The minimum atomic E-state index is -0.274. The van der Waals surface area contributed by atoms with Gasteiger partial charge in [-0.2, -0.15) is 0 Å². The molecule has 3 aliphatic rings. The van der Waals surface area contributed by atoms with E-state index in [1.54, 1.807) is 6.20 Å². The lowest BCUT2D eigenvalue weighted by atomic mass is 9.80. The summed E-state index contributed by atoms with van der Waals surface area (Å²) in [6, 6.07) is 3.94. The molecule has 0 bridgehead atoms. The van der Waals surface area contributed by atoms with Crippen LogP contribution in [0.15, 0.2) is 24.5 Å². The number of carbonyl (C=O) groups is 1. The second kappa shape index (κ2) is 7.50. The lowest BCUT2D eigenvalue weighted by Gasteiger charge is -2.34. The first-order valence-corrected chi connectivity index (χ1v) is 10.7. The molecule has 158 valence electrons. The van der Waals surface area contributed by atoms with Crippen LogP contribution >= 0.6 is 0 Å². The van der Waals surface area contributed by atoms with Crippen molar-refractivity contribution >= 4 is 17.5 Å². The number of ether oxygens (including phenoxy) is 1. The topological polar surface area (TPSA) is 74.7 Å². The summed E-state index contributed by atoms with van der Waals surface area (Å²) in [5.41, 5.74) is 3.39. The lowest BCUT2D eigenvalue weighted by Crippen LogP contribution is -2.42. The third kappa shape index (κ3) is 3.29. The molecule has 1 atom stereocenters. The number of pyridine rings is 1. The molecule has 5 heterocycles. The molecule has 8 nitrogen and oxygen atoms in total. The Kier molecular flexibility index (Phi) is 4.81. The summed E-state index contributed by atoms with van der Waals surface area (Å²) >= 11 is 0. The molecular weight excluding hydrogens is 380 g/mol. The van der Waals surface area contributed by atoms with Gasteiger partial charge in [0.1, 0.15) is 5.69 Å². The Morgan fingerprint density at radius 1 is 1.20 bits per heavy atom. The Hall–Kier alpha value is -2.74. The predicted octanol–water partition coefficient (Wildman–Crippen LogP) is 1.85. The Morgan fingerprint density at radius 3 is 2.83 bits per heavy atom. The highest BCUT2D eigenvalue weighted by Crippen LogP contribution is 2.39. The SMILES string of the molecule is CN(C)c1ncc2c(n1)[C@]1(CCN(C(=O)c3cc(N4CCCC4)ccn3)C1)COC2. The third-order valence-corrected chi connectivity index (χ3v) is 6.46. The average molecular weight is 409 g/mol. The van der Waals surface area contributed by atoms with E-state index >= 15 is 0 Å². The lowest BCUT2D eigenvalue weighted by molar-refractivity contribution is 0.0484.